The Kier molecular flexibility index (Phi) is 4.46. The number of rotatable bonds is 5. The molecule has 9 heteroatoms. The van der Waals surface area contributed by atoms with Gasteiger partial charge in [-0.15, -0.1) is 11.3 Å². The number of thiazole rings is 1. The fourth-order valence-electron chi connectivity index (χ4n) is 2.56. The summed E-state index contributed by atoms with van der Waals surface area (Å²) in [6.07, 6.45) is 3.39. The van der Waals surface area contributed by atoms with Crippen LogP contribution in [0.25, 0.3) is 0 Å². The van der Waals surface area contributed by atoms with E-state index in [1.54, 1.807) is 17.6 Å². The Morgan fingerprint density at radius 3 is 3.09 bits per heavy atom. The number of nitrogens with zero attached hydrogens (tertiary/aromatic N) is 3. The smallest absolute Gasteiger partial charge is 0.301 e. The van der Waals surface area contributed by atoms with Gasteiger partial charge in [0.2, 0.25) is 5.91 Å². The lowest BCUT2D eigenvalue weighted by Crippen LogP contribution is -2.39. The van der Waals surface area contributed by atoms with E-state index in [2.05, 4.69) is 15.2 Å². The molecule has 3 heterocycles. The Morgan fingerprint density at radius 2 is 2.41 bits per heavy atom. The highest BCUT2D eigenvalue weighted by atomic mass is 32.1. The van der Waals surface area contributed by atoms with Crippen LogP contribution in [0.15, 0.2) is 23.0 Å². The minimum atomic E-state index is -0.384. The zero-order chi connectivity index (χ0) is 15.5. The van der Waals surface area contributed by atoms with E-state index in [1.807, 2.05) is 5.38 Å². The summed E-state index contributed by atoms with van der Waals surface area (Å²) in [5, 5.41) is 17.9. The van der Waals surface area contributed by atoms with Crippen LogP contribution in [0, 0.1) is 10.1 Å². The first-order valence-corrected chi connectivity index (χ1v) is 8.55. The quantitative estimate of drug-likeness (QED) is 0.669. The number of nitro groups is 1. The summed E-state index contributed by atoms with van der Waals surface area (Å²) in [5.41, 5.74) is 0.880. The van der Waals surface area contributed by atoms with Crippen molar-refractivity contribution in [2.75, 3.05) is 11.9 Å². The van der Waals surface area contributed by atoms with Gasteiger partial charge >= 0.3 is 5.00 Å². The van der Waals surface area contributed by atoms with Crippen LogP contribution in [0.4, 0.5) is 10.1 Å². The van der Waals surface area contributed by atoms with Gasteiger partial charge in [-0.3, -0.25) is 19.8 Å². The molecule has 0 bridgehead atoms. The maximum atomic E-state index is 12.3. The second-order valence-electron chi connectivity index (χ2n) is 5.01. The summed E-state index contributed by atoms with van der Waals surface area (Å²) in [6.45, 7) is 1.37. The molecule has 22 heavy (non-hydrogen) atoms. The van der Waals surface area contributed by atoms with Crippen LogP contribution in [0.3, 0.4) is 0 Å². The van der Waals surface area contributed by atoms with Crippen molar-refractivity contribution in [1.82, 2.24) is 9.88 Å². The number of anilines is 1. The fraction of sp³-hybridized carbons (Fsp3) is 0.385. The van der Waals surface area contributed by atoms with E-state index in [-0.39, 0.29) is 21.9 Å². The lowest BCUT2D eigenvalue weighted by molar-refractivity contribution is -0.380. The molecule has 7 nitrogen and oxygen atoms in total. The molecule has 0 radical (unpaired) electrons. The van der Waals surface area contributed by atoms with Crippen LogP contribution in [0.1, 0.15) is 18.4 Å². The third-order valence-corrected chi connectivity index (χ3v) is 5.15. The molecule has 1 fully saturated rings. The van der Waals surface area contributed by atoms with Gasteiger partial charge in [-0.1, -0.05) is 11.3 Å². The monoisotopic (exact) mass is 338 g/mol. The summed E-state index contributed by atoms with van der Waals surface area (Å²) in [4.78, 5) is 28.8. The summed E-state index contributed by atoms with van der Waals surface area (Å²) in [5.74, 6) is -0.0582. The van der Waals surface area contributed by atoms with Gasteiger partial charge in [0.25, 0.3) is 0 Å². The van der Waals surface area contributed by atoms with Crippen LogP contribution in [-0.4, -0.2) is 33.3 Å². The van der Waals surface area contributed by atoms with Gasteiger partial charge in [0.05, 0.1) is 11.0 Å². The van der Waals surface area contributed by atoms with Gasteiger partial charge in [-0.25, -0.2) is 4.98 Å². The lowest BCUT2D eigenvalue weighted by Gasteiger charge is -2.22. The molecule has 1 aliphatic heterocycles. The molecule has 1 atom stereocenters. The lowest BCUT2D eigenvalue weighted by atomic mass is 10.2. The van der Waals surface area contributed by atoms with Crippen LogP contribution in [-0.2, 0) is 11.3 Å². The normalized spacial score (nSPS) is 18.5. The topological polar surface area (TPSA) is 88.4 Å². The highest BCUT2D eigenvalue weighted by molar-refractivity contribution is 7.13. The van der Waals surface area contributed by atoms with Crippen LogP contribution >= 0.6 is 22.7 Å². The Labute approximate surface area is 134 Å². The van der Waals surface area contributed by atoms with Crippen molar-refractivity contribution in [3.63, 3.8) is 0 Å². The number of hydrogen-bond acceptors (Lipinski definition) is 7. The molecular weight excluding hydrogens is 324 g/mol. The predicted octanol–water partition coefficient (Wildman–Crippen LogP) is 2.72. The van der Waals surface area contributed by atoms with E-state index in [0.29, 0.717) is 11.7 Å². The number of thiophene rings is 1. The van der Waals surface area contributed by atoms with Gasteiger partial charge in [0.1, 0.15) is 0 Å². The molecule has 0 aromatic carbocycles. The van der Waals surface area contributed by atoms with Crippen LogP contribution < -0.4 is 5.32 Å². The number of carbonyl (C=O) groups excluding carboxylic acids is 1. The highest BCUT2D eigenvalue weighted by Gasteiger charge is 2.31. The zero-order valence-electron chi connectivity index (χ0n) is 11.6. The molecule has 0 saturated carbocycles. The van der Waals surface area contributed by atoms with Crippen molar-refractivity contribution in [2.45, 2.75) is 25.4 Å². The maximum absolute atomic E-state index is 12.3. The average molecular weight is 338 g/mol. The molecule has 1 unspecified atom stereocenters. The van der Waals surface area contributed by atoms with Gasteiger partial charge in [0.15, 0.2) is 5.13 Å². The van der Waals surface area contributed by atoms with E-state index >= 15 is 0 Å². The summed E-state index contributed by atoms with van der Waals surface area (Å²) in [7, 11) is 0. The third-order valence-electron chi connectivity index (χ3n) is 3.53. The molecule has 1 saturated heterocycles. The van der Waals surface area contributed by atoms with E-state index in [4.69, 9.17) is 0 Å². The second kappa shape index (κ2) is 6.51. The molecule has 116 valence electrons. The van der Waals surface area contributed by atoms with Crippen molar-refractivity contribution in [2.24, 2.45) is 0 Å². The van der Waals surface area contributed by atoms with Crippen molar-refractivity contribution >= 4 is 38.7 Å². The maximum Gasteiger partial charge on any atom is 0.324 e. The van der Waals surface area contributed by atoms with Gasteiger partial charge in [-0.2, -0.15) is 0 Å². The first-order valence-electron chi connectivity index (χ1n) is 6.79. The molecule has 1 aliphatic rings. The van der Waals surface area contributed by atoms with Crippen LogP contribution in [0.2, 0.25) is 0 Å². The average Bonchev–Trinajstić information content (AvgIpc) is 3.19. The summed E-state index contributed by atoms with van der Waals surface area (Å²) in [6, 6.07) is 1.38. The first kappa shape index (κ1) is 15.1. The second-order valence-corrected chi connectivity index (χ2v) is 6.79. The summed E-state index contributed by atoms with van der Waals surface area (Å²) < 4.78 is 0. The predicted molar refractivity (Wildman–Crippen MR) is 85.1 cm³/mol. The number of likely N-dealkylation sites (tertiary alicyclic amines) is 1. The molecule has 0 spiro atoms. The molecule has 2 aromatic heterocycles. The van der Waals surface area contributed by atoms with Gasteiger partial charge in [-0.05, 0) is 24.9 Å². The number of aromatic nitrogens is 1. The Bertz CT molecular complexity index is 671. The number of carbonyl (C=O) groups is 1. The van der Waals surface area contributed by atoms with Crippen molar-refractivity contribution in [3.05, 3.63) is 38.7 Å². The largest absolute Gasteiger partial charge is 0.324 e. The molecule has 1 N–H and O–H groups in total. The van der Waals surface area contributed by atoms with E-state index in [0.717, 1.165) is 36.3 Å². The van der Waals surface area contributed by atoms with Gasteiger partial charge < -0.3 is 5.32 Å². The van der Waals surface area contributed by atoms with Crippen LogP contribution in [0.5, 0.6) is 0 Å². The molecule has 0 aliphatic carbocycles. The van der Waals surface area contributed by atoms with E-state index in [9.17, 15) is 14.9 Å². The minimum absolute atomic E-state index is 0.0582. The van der Waals surface area contributed by atoms with Crippen molar-refractivity contribution in [1.29, 1.82) is 0 Å². The number of hydrogen-bond donors (Lipinski definition) is 1. The minimum Gasteiger partial charge on any atom is -0.301 e. The fourth-order valence-corrected chi connectivity index (χ4v) is 3.81. The van der Waals surface area contributed by atoms with E-state index in [1.165, 1.54) is 11.3 Å². The molecule has 2 aromatic rings. The molecule has 1 amide bonds. The van der Waals surface area contributed by atoms with Crippen molar-refractivity contribution in [3.8, 4) is 0 Å². The standard InChI is InChI=1S/C13H14N4O3S2/c18-12(15-13-14-3-5-21-13)10-2-1-4-16(10)7-9-6-11(17(19)20)22-8-9/h3,5-6,8,10H,1-2,4,7H2,(H,14,15,18). The molecule has 3 rings (SSSR count). The first-order chi connectivity index (χ1) is 10.6. The summed E-state index contributed by atoms with van der Waals surface area (Å²) >= 11 is 2.51. The van der Waals surface area contributed by atoms with E-state index < -0.39 is 0 Å². The number of amides is 1. The SMILES string of the molecule is O=C(Nc1nccs1)C1CCCN1Cc1csc([N+](=O)[O-])c1. The Hall–Kier alpha value is -1.84. The molecular formula is C13H14N4O3S2. The highest BCUT2D eigenvalue weighted by Crippen LogP contribution is 2.27. The Morgan fingerprint density at radius 1 is 1.55 bits per heavy atom. The van der Waals surface area contributed by atoms with Crippen molar-refractivity contribution < 1.29 is 9.72 Å². The Balaban J connectivity index is 1.64. The van der Waals surface area contributed by atoms with Gasteiger partial charge in [0, 0.05) is 29.6 Å². The zero-order valence-corrected chi connectivity index (χ0v) is 13.2. The number of nitrogens with one attached hydrogen (secondary N) is 1. The third kappa shape index (κ3) is 3.32.